The zero-order chi connectivity index (χ0) is 39.5. The van der Waals surface area contributed by atoms with Gasteiger partial charge in [0.25, 0.3) is 0 Å². The Morgan fingerprint density at radius 1 is 0.714 bits per heavy atom. The van der Waals surface area contributed by atoms with Gasteiger partial charge in [0.1, 0.15) is 73.3 Å². The third kappa shape index (κ3) is 13.3. The van der Waals surface area contributed by atoms with Crippen molar-refractivity contribution in [3.8, 4) is 23.0 Å². The number of methoxy groups -OCH3 is 2. The number of alkyl carbamates (subject to hydrolysis) is 1. The second-order valence-electron chi connectivity index (χ2n) is 13.2. The van der Waals surface area contributed by atoms with Crippen LogP contribution in [0.1, 0.15) is 51.2 Å². The number of esters is 1. The van der Waals surface area contributed by atoms with Crippen molar-refractivity contribution >= 4 is 17.8 Å². The molecule has 0 aromatic heterocycles. The van der Waals surface area contributed by atoms with Crippen LogP contribution in [0.3, 0.4) is 0 Å². The molecule has 0 bridgehead atoms. The molecule has 13 nitrogen and oxygen atoms in total. The van der Waals surface area contributed by atoms with Gasteiger partial charge in [0.2, 0.25) is 0 Å². The largest absolute Gasteiger partial charge is 0.497 e. The summed E-state index contributed by atoms with van der Waals surface area (Å²) in [6.07, 6.45) is 6.26. The summed E-state index contributed by atoms with van der Waals surface area (Å²) in [6, 6.07) is 24.3. The van der Waals surface area contributed by atoms with E-state index in [0.717, 1.165) is 17.7 Å². The highest BCUT2D eigenvalue weighted by Crippen LogP contribution is 2.30. The fourth-order valence-electron chi connectivity index (χ4n) is 5.80. The average Bonchev–Trinajstić information content (AvgIpc) is 3.24. The molecule has 0 fully saturated rings. The van der Waals surface area contributed by atoms with Crippen molar-refractivity contribution in [2.45, 2.75) is 76.2 Å². The van der Waals surface area contributed by atoms with Gasteiger partial charge >= 0.3 is 12.1 Å². The Bertz CT molecular complexity index is 1730. The van der Waals surface area contributed by atoms with Gasteiger partial charge in [-0.15, -0.1) is 0 Å². The fraction of sp³-hybridized carbons (Fsp3) is 0.419. The SMILES string of the molecule is CCCNC(=O)OC[C@H]1O[C@H](CCON=C(C)CCC(=O)OC[C@H]2O[C@H](c3ccccc3)C=C[C@@H]2Oc2ccc(OC)cc2)C=C[C@@H]1Oc1ccc(OC)cc1. The molecule has 3 aromatic rings. The van der Waals surface area contributed by atoms with Crippen molar-refractivity contribution in [3.63, 3.8) is 0 Å². The number of hydrogen-bond acceptors (Lipinski definition) is 12. The van der Waals surface area contributed by atoms with Gasteiger partial charge in [-0.1, -0.05) is 54.6 Å². The van der Waals surface area contributed by atoms with Gasteiger partial charge in [-0.05, 0) is 86.0 Å². The molecule has 1 N–H and O–H groups in total. The molecule has 0 saturated heterocycles. The van der Waals surface area contributed by atoms with Gasteiger partial charge in [-0.25, -0.2) is 4.79 Å². The lowest BCUT2D eigenvalue weighted by Crippen LogP contribution is -2.43. The summed E-state index contributed by atoms with van der Waals surface area (Å²) in [6.45, 7) is 4.54. The van der Waals surface area contributed by atoms with E-state index in [0.29, 0.717) is 42.3 Å². The number of oxime groups is 1. The van der Waals surface area contributed by atoms with E-state index in [2.05, 4.69) is 10.5 Å². The van der Waals surface area contributed by atoms with Gasteiger partial charge in [0.05, 0.1) is 32.5 Å². The van der Waals surface area contributed by atoms with Crippen LogP contribution in [-0.4, -0.2) is 88.9 Å². The van der Waals surface area contributed by atoms with E-state index in [9.17, 15) is 9.59 Å². The fourth-order valence-corrected chi connectivity index (χ4v) is 5.80. The molecule has 56 heavy (non-hydrogen) atoms. The van der Waals surface area contributed by atoms with E-state index in [1.165, 1.54) is 0 Å². The number of hydrogen-bond donors (Lipinski definition) is 1. The molecule has 0 unspecified atom stereocenters. The molecule has 0 saturated carbocycles. The molecule has 0 spiro atoms. The maximum Gasteiger partial charge on any atom is 0.407 e. The van der Waals surface area contributed by atoms with Crippen molar-refractivity contribution in [2.75, 3.05) is 40.6 Å². The van der Waals surface area contributed by atoms with E-state index in [1.54, 1.807) is 45.4 Å². The number of nitrogens with one attached hydrogen (secondary N) is 1. The molecular weight excluding hydrogens is 720 g/mol. The highest BCUT2D eigenvalue weighted by atomic mass is 16.6. The zero-order valence-electron chi connectivity index (χ0n) is 32.4. The molecule has 13 heteroatoms. The highest BCUT2D eigenvalue weighted by Gasteiger charge is 2.32. The summed E-state index contributed by atoms with van der Waals surface area (Å²) in [5, 5.41) is 6.89. The Hall–Kier alpha value is -5.53. The smallest absolute Gasteiger partial charge is 0.407 e. The first kappa shape index (κ1) is 41.6. The monoisotopic (exact) mass is 772 g/mol. The summed E-state index contributed by atoms with van der Waals surface area (Å²) in [4.78, 5) is 30.6. The van der Waals surface area contributed by atoms with Crippen LogP contribution in [0.2, 0.25) is 0 Å². The second-order valence-corrected chi connectivity index (χ2v) is 13.2. The number of carbonyl (C=O) groups is 2. The molecule has 0 aliphatic carbocycles. The Morgan fingerprint density at radius 2 is 1.30 bits per heavy atom. The number of ether oxygens (including phenoxy) is 8. The molecule has 2 aliphatic rings. The standard InChI is InChI=1S/C43H52N2O11/c1-5-26-44-43(47)51-29-40-38(53-34-16-12-32(48-3)13-17-34)21-20-36(55-40)25-27-52-45-30(2)11-24-42(46)50-28-41-39(54-35-18-14-33(49-4)15-19-35)23-22-37(56-41)31-9-7-6-8-10-31/h6-10,12-23,36-41H,5,11,24-29H2,1-4H3,(H,44,47)/t36-,37-,38-,39-,40+,41+/m0/s1. The molecule has 1 amide bonds. The van der Waals surface area contributed by atoms with Crippen LogP contribution in [0.4, 0.5) is 4.79 Å². The molecule has 0 radical (unpaired) electrons. The van der Waals surface area contributed by atoms with Crippen molar-refractivity contribution in [2.24, 2.45) is 5.16 Å². The van der Waals surface area contributed by atoms with E-state index in [1.807, 2.05) is 85.8 Å². The predicted octanol–water partition coefficient (Wildman–Crippen LogP) is 7.16. The van der Waals surface area contributed by atoms with Crippen molar-refractivity contribution in [1.29, 1.82) is 0 Å². The number of benzene rings is 3. The first-order valence-corrected chi connectivity index (χ1v) is 18.9. The topological polar surface area (TPSA) is 142 Å². The molecule has 6 atom stereocenters. The van der Waals surface area contributed by atoms with Gasteiger partial charge in [-0.2, -0.15) is 0 Å². The van der Waals surface area contributed by atoms with Crippen molar-refractivity contribution < 1.29 is 52.3 Å². The van der Waals surface area contributed by atoms with Gasteiger partial charge in [0, 0.05) is 13.0 Å². The Balaban J connectivity index is 1.07. The van der Waals surface area contributed by atoms with E-state index >= 15 is 0 Å². The van der Waals surface area contributed by atoms with Crippen LogP contribution >= 0.6 is 0 Å². The minimum Gasteiger partial charge on any atom is -0.497 e. The number of nitrogens with zero attached hydrogens (tertiary/aromatic N) is 1. The van der Waals surface area contributed by atoms with Gasteiger partial charge in [0.15, 0.2) is 0 Å². The summed E-state index contributed by atoms with van der Waals surface area (Å²) >= 11 is 0. The highest BCUT2D eigenvalue weighted by molar-refractivity contribution is 5.85. The normalized spacial score (nSPS) is 21.8. The lowest BCUT2D eigenvalue weighted by atomic mass is 10.0. The number of amides is 1. The molecule has 2 aliphatic heterocycles. The summed E-state index contributed by atoms with van der Waals surface area (Å²) in [5.74, 6) is 2.31. The third-order valence-corrected chi connectivity index (χ3v) is 8.90. The van der Waals surface area contributed by atoms with E-state index in [-0.39, 0.29) is 44.4 Å². The molecular formula is C43H52N2O11. The minimum atomic E-state index is -0.556. The summed E-state index contributed by atoms with van der Waals surface area (Å²) < 4.78 is 46.6. The van der Waals surface area contributed by atoms with Crippen LogP contribution in [0.15, 0.2) is 108 Å². The minimum absolute atomic E-state index is 0.00103. The lowest BCUT2D eigenvalue weighted by Gasteiger charge is -2.32. The van der Waals surface area contributed by atoms with Gasteiger partial charge in [-0.3, -0.25) is 4.79 Å². The lowest BCUT2D eigenvalue weighted by molar-refractivity contribution is -0.152. The Kier molecular flexibility index (Phi) is 16.5. The van der Waals surface area contributed by atoms with Crippen molar-refractivity contribution in [3.05, 3.63) is 109 Å². The van der Waals surface area contributed by atoms with Crippen molar-refractivity contribution in [1.82, 2.24) is 5.32 Å². The van der Waals surface area contributed by atoms with Crippen LogP contribution in [0, 0.1) is 0 Å². The van der Waals surface area contributed by atoms with Gasteiger partial charge < -0.3 is 48.0 Å². The van der Waals surface area contributed by atoms with Crippen LogP contribution in [0.25, 0.3) is 0 Å². The quantitative estimate of drug-likeness (QED) is 0.0411. The number of carbonyl (C=O) groups excluding carboxylic acids is 2. The van der Waals surface area contributed by atoms with E-state index < -0.39 is 30.5 Å². The number of rotatable bonds is 20. The van der Waals surface area contributed by atoms with Crippen LogP contribution in [-0.2, 0) is 28.6 Å². The van der Waals surface area contributed by atoms with Crippen LogP contribution < -0.4 is 24.3 Å². The van der Waals surface area contributed by atoms with E-state index in [4.69, 9.17) is 42.7 Å². The molecule has 3 aromatic carbocycles. The van der Waals surface area contributed by atoms with Crippen LogP contribution in [0.5, 0.6) is 23.0 Å². The molecule has 300 valence electrons. The first-order valence-electron chi connectivity index (χ1n) is 18.9. The Morgan fingerprint density at radius 3 is 1.93 bits per heavy atom. The summed E-state index contributed by atoms with van der Waals surface area (Å²) in [5.41, 5.74) is 1.63. The maximum atomic E-state index is 12.8. The Labute approximate surface area is 328 Å². The zero-order valence-corrected chi connectivity index (χ0v) is 32.4. The molecule has 2 heterocycles. The summed E-state index contributed by atoms with van der Waals surface area (Å²) in [7, 11) is 3.21. The molecule has 5 rings (SSSR count). The average molecular weight is 773 g/mol. The third-order valence-electron chi connectivity index (χ3n) is 8.90. The predicted molar refractivity (Wildman–Crippen MR) is 209 cm³/mol. The first-order chi connectivity index (χ1) is 27.3. The second kappa shape index (κ2) is 22.1. The maximum absolute atomic E-state index is 12.8.